The summed E-state index contributed by atoms with van der Waals surface area (Å²) in [5, 5.41) is 16.1. The fourth-order valence-electron chi connectivity index (χ4n) is 0.806. The Kier molecular flexibility index (Phi) is 5.32. The van der Waals surface area contributed by atoms with Gasteiger partial charge in [0.05, 0.1) is 5.16 Å². The lowest BCUT2D eigenvalue weighted by Gasteiger charge is -2.27. The average molecular weight is 268 g/mol. The molecular weight excluding hydrogens is 251 g/mol. The molecule has 0 amide bonds. The zero-order valence-corrected chi connectivity index (χ0v) is 10.8. The molecule has 0 aromatic heterocycles. The van der Waals surface area contributed by atoms with Crippen LogP contribution >= 0.6 is 7.60 Å². The van der Waals surface area contributed by atoms with Gasteiger partial charge in [0.15, 0.2) is 6.10 Å². The van der Waals surface area contributed by atoms with Crippen molar-refractivity contribution in [1.82, 2.24) is 0 Å². The zero-order chi connectivity index (χ0) is 13.9. The van der Waals surface area contributed by atoms with Gasteiger partial charge >= 0.3 is 19.5 Å². The first kappa shape index (κ1) is 16.1. The van der Waals surface area contributed by atoms with Crippen molar-refractivity contribution in [2.75, 3.05) is 0 Å². The molecule has 7 nitrogen and oxygen atoms in total. The van der Waals surface area contributed by atoms with Crippen LogP contribution in [0.1, 0.15) is 33.6 Å². The Labute approximate surface area is 98.9 Å². The van der Waals surface area contributed by atoms with Crippen LogP contribution in [0.15, 0.2) is 0 Å². The second-order valence-corrected chi connectivity index (χ2v) is 7.15. The molecule has 0 aliphatic carbocycles. The van der Waals surface area contributed by atoms with Crippen LogP contribution in [-0.4, -0.2) is 38.3 Å². The topological polar surface area (TPSA) is 121 Å². The van der Waals surface area contributed by atoms with Crippen LogP contribution in [0.2, 0.25) is 0 Å². The normalized spacial score (nSPS) is 17.2. The highest BCUT2D eigenvalue weighted by Crippen LogP contribution is 2.55. The van der Waals surface area contributed by atoms with Gasteiger partial charge in [0.2, 0.25) is 0 Å². The third-order valence-electron chi connectivity index (χ3n) is 2.01. The van der Waals surface area contributed by atoms with E-state index in [1.54, 1.807) is 0 Å². The van der Waals surface area contributed by atoms with E-state index in [0.717, 1.165) is 0 Å². The fraction of sp³-hybridized carbons (Fsp3) is 0.778. The van der Waals surface area contributed by atoms with E-state index in [1.807, 2.05) is 0 Å². The third kappa shape index (κ3) is 5.30. The fourth-order valence-corrected chi connectivity index (χ4v) is 1.66. The summed E-state index contributed by atoms with van der Waals surface area (Å²) < 4.78 is 16.4. The standard InChI is InChI=1S/C9H17O7P/c1-9(2,3)17(14,15)16-6(8(12)13)4-5-7(10)11/h6H,4-5H2,1-3H3,(H,10,11)(H,12,13)(H,14,15). The number of hydrogen-bond acceptors (Lipinski definition) is 4. The summed E-state index contributed by atoms with van der Waals surface area (Å²) in [4.78, 5) is 30.6. The van der Waals surface area contributed by atoms with Crippen LogP contribution in [0.3, 0.4) is 0 Å². The van der Waals surface area contributed by atoms with E-state index >= 15 is 0 Å². The number of carboxylic acids is 2. The van der Waals surface area contributed by atoms with Gasteiger partial charge in [0.25, 0.3) is 0 Å². The van der Waals surface area contributed by atoms with E-state index in [4.69, 9.17) is 10.2 Å². The maximum atomic E-state index is 11.7. The molecule has 0 aliphatic rings. The predicted molar refractivity (Wildman–Crippen MR) is 59.0 cm³/mol. The van der Waals surface area contributed by atoms with Gasteiger partial charge in [-0.15, -0.1) is 0 Å². The van der Waals surface area contributed by atoms with Gasteiger partial charge in [-0.1, -0.05) is 0 Å². The smallest absolute Gasteiger partial charge is 0.334 e. The first-order chi connectivity index (χ1) is 7.47. The molecule has 0 aromatic carbocycles. The van der Waals surface area contributed by atoms with Crippen LogP contribution in [0, 0.1) is 0 Å². The zero-order valence-electron chi connectivity index (χ0n) is 9.91. The molecule has 0 saturated heterocycles. The van der Waals surface area contributed by atoms with Gasteiger partial charge in [-0.05, 0) is 27.2 Å². The largest absolute Gasteiger partial charge is 0.481 e. The van der Waals surface area contributed by atoms with Crippen LogP contribution in [-0.2, 0) is 18.7 Å². The highest BCUT2D eigenvalue weighted by atomic mass is 31.2. The second-order valence-electron chi connectivity index (χ2n) is 4.56. The molecule has 0 heterocycles. The second kappa shape index (κ2) is 5.62. The molecule has 3 N–H and O–H groups in total. The Bertz CT molecular complexity index is 344. The van der Waals surface area contributed by atoms with E-state index in [0.29, 0.717) is 0 Å². The molecule has 8 heteroatoms. The van der Waals surface area contributed by atoms with Crippen molar-refractivity contribution in [3.63, 3.8) is 0 Å². The molecule has 2 atom stereocenters. The number of carbonyl (C=O) groups is 2. The molecule has 0 saturated carbocycles. The third-order valence-corrected chi connectivity index (χ3v) is 4.25. The average Bonchev–Trinajstić information content (AvgIpc) is 2.09. The van der Waals surface area contributed by atoms with Crippen molar-refractivity contribution < 1.29 is 33.8 Å². The Morgan fingerprint density at radius 1 is 1.29 bits per heavy atom. The molecule has 17 heavy (non-hydrogen) atoms. The summed E-state index contributed by atoms with van der Waals surface area (Å²) in [6.45, 7) is 4.30. The SMILES string of the molecule is CC(C)(C)P(=O)(O)OC(CCC(=O)O)C(=O)O. The highest BCUT2D eigenvalue weighted by Gasteiger charge is 2.40. The summed E-state index contributed by atoms with van der Waals surface area (Å²) >= 11 is 0. The van der Waals surface area contributed by atoms with Crippen molar-refractivity contribution >= 4 is 19.5 Å². The Morgan fingerprint density at radius 3 is 2.06 bits per heavy atom. The highest BCUT2D eigenvalue weighted by molar-refractivity contribution is 7.54. The molecule has 0 rings (SSSR count). The van der Waals surface area contributed by atoms with Crippen LogP contribution < -0.4 is 0 Å². The minimum Gasteiger partial charge on any atom is -0.481 e. The van der Waals surface area contributed by atoms with Crippen LogP contribution in [0.5, 0.6) is 0 Å². The van der Waals surface area contributed by atoms with Crippen molar-refractivity contribution in [1.29, 1.82) is 0 Å². The number of rotatable bonds is 6. The van der Waals surface area contributed by atoms with Crippen molar-refractivity contribution in [2.45, 2.75) is 44.9 Å². The predicted octanol–water partition coefficient (Wildman–Crippen LogP) is 1.30. The maximum absolute atomic E-state index is 11.7. The van der Waals surface area contributed by atoms with Gasteiger partial charge in [-0.3, -0.25) is 13.9 Å². The van der Waals surface area contributed by atoms with Crippen molar-refractivity contribution in [2.24, 2.45) is 0 Å². The van der Waals surface area contributed by atoms with Gasteiger partial charge in [-0.2, -0.15) is 0 Å². The summed E-state index contributed by atoms with van der Waals surface area (Å²) in [7, 11) is -4.12. The lowest BCUT2D eigenvalue weighted by atomic mass is 10.2. The molecule has 0 fully saturated rings. The van der Waals surface area contributed by atoms with Gasteiger partial charge in [-0.25, -0.2) is 4.79 Å². The van der Waals surface area contributed by atoms with E-state index in [9.17, 15) is 19.0 Å². The monoisotopic (exact) mass is 268 g/mol. The molecule has 2 unspecified atom stereocenters. The summed E-state index contributed by atoms with van der Waals surface area (Å²) in [5.74, 6) is -2.65. The lowest BCUT2D eigenvalue weighted by molar-refractivity contribution is -0.146. The molecule has 0 spiro atoms. The van der Waals surface area contributed by atoms with Crippen LogP contribution in [0.25, 0.3) is 0 Å². The molecule has 0 radical (unpaired) electrons. The van der Waals surface area contributed by atoms with Gasteiger partial charge in [0.1, 0.15) is 0 Å². The maximum Gasteiger partial charge on any atom is 0.334 e. The Hall–Kier alpha value is -0.910. The van der Waals surface area contributed by atoms with E-state index < -0.39 is 37.2 Å². The first-order valence-corrected chi connectivity index (χ1v) is 6.51. The van der Waals surface area contributed by atoms with E-state index in [2.05, 4.69) is 4.52 Å². The lowest BCUT2D eigenvalue weighted by Crippen LogP contribution is -2.28. The quantitative estimate of drug-likeness (QED) is 0.621. The Morgan fingerprint density at radius 2 is 1.76 bits per heavy atom. The number of aliphatic carboxylic acids is 2. The first-order valence-electron chi connectivity index (χ1n) is 4.93. The molecule has 100 valence electrons. The van der Waals surface area contributed by atoms with Crippen LogP contribution in [0.4, 0.5) is 0 Å². The van der Waals surface area contributed by atoms with E-state index in [1.165, 1.54) is 20.8 Å². The number of carboxylic acid groups (broad SMARTS) is 2. The molecule has 0 bridgehead atoms. The molecule has 0 aliphatic heterocycles. The van der Waals surface area contributed by atoms with Crippen molar-refractivity contribution in [3.8, 4) is 0 Å². The van der Waals surface area contributed by atoms with E-state index in [-0.39, 0.29) is 6.42 Å². The summed E-state index contributed by atoms with van der Waals surface area (Å²) in [6, 6.07) is 0. The minimum absolute atomic E-state index is 0.356. The van der Waals surface area contributed by atoms with Gasteiger partial charge < -0.3 is 15.1 Å². The molecular formula is C9H17O7P. The number of hydrogen-bond donors (Lipinski definition) is 3. The molecule has 0 aromatic rings. The van der Waals surface area contributed by atoms with Gasteiger partial charge in [0, 0.05) is 6.42 Å². The minimum atomic E-state index is -4.12. The summed E-state index contributed by atoms with van der Waals surface area (Å²) in [6.07, 6.45) is -2.40. The summed E-state index contributed by atoms with van der Waals surface area (Å²) in [5.41, 5.74) is 0. The Balaban J connectivity index is 4.72. The van der Waals surface area contributed by atoms with Crippen molar-refractivity contribution in [3.05, 3.63) is 0 Å².